The lowest BCUT2D eigenvalue weighted by atomic mass is 10.1. The second kappa shape index (κ2) is 19.0. The highest BCUT2D eigenvalue weighted by Crippen LogP contribution is 2.27. The first-order valence-electron chi connectivity index (χ1n) is 15.8. The third-order valence-corrected chi connectivity index (χ3v) is 8.49. The van der Waals surface area contributed by atoms with E-state index in [1.54, 1.807) is 42.6 Å². The second-order valence-corrected chi connectivity index (χ2v) is 12.1. The molecule has 247 valence electrons. The number of hydrogen-bond donors (Lipinski definition) is 1. The van der Waals surface area contributed by atoms with Crippen molar-refractivity contribution >= 4 is 42.6 Å². The van der Waals surface area contributed by atoms with Crippen molar-refractivity contribution in [2.75, 3.05) is 46.4 Å². The minimum absolute atomic E-state index is 0.0964. The highest BCUT2D eigenvalue weighted by atomic mass is 32.1. The monoisotopic (exact) mass is 666 g/mol. The van der Waals surface area contributed by atoms with Gasteiger partial charge in [-0.2, -0.15) is 10.5 Å². The van der Waals surface area contributed by atoms with Crippen molar-refractivity contribution in [2.24, 2.45) is 4.99 Å². The van der Waals surface area contributed by atoms with E-state index in [4.69, 9.17) is 15.3 Å². The minimum Gasteiger partial charge on any atom is -0.484 e. The van der Waals surface area contributed by atoms with Gasteiger partial charge in [-0.15, -0.1) is 11.3 Å². The molecule has 0 saturated carbocycles. The van der Waals surface area contributed by atoms with Crippen molar-refractivity contribution in [1.82, 2.24) is 19.6 Å². The number of allylic oxidation sites excluding steroid dienone is 2. The van der Waals surface area contributed by atoms with Gasteiger partial charge in [-0.25, -0.2) is 4.99 Å². The number of carbonyl (C=O) groups is 2. The van der Waals surface area contributed by atoms with Crippen LogP contribution in [0.3, 0.4) is 0 Å². The van der Waals surface area contributed by atoms with E-state index in [2.05, 4.69) is 27.3 Å². The summed E-state index contributed by atoms with van der Waals surface area (Å²) in [5, 5.41) is 22.4. The van der Waals surface area contributed by atoms with Crippen molar-refractivity contribution in [3.8, 4) is 29.1 Å². The predicted octanol–water partition coefficient (Wildman–Crippen LogP) is 5.22. The zero-order valence-corrected chi connectivity index (χ0v) is 27.8. The predicted molar refractivity (Wildman–Crippen MR) is 187 cm³/mol. The number of aliphatic imine (C=N–C) groups is 1. The van der Waals surface area contributed by atoms with Gasteiger partial charge in [-0.1, -0.05) is 6.07 Å². The van der Waals surface area contributed by atoms with Gasteiger partial charge in [0.05, 0.1) is 35.0 Å². The van der Waals surface area contributed by atoms with Crippen LogP contribution in [0.4, 0.5) is 4.32 Å². The number of carbonyl (C=O) groups excluding carboxylic acids is 2. The molecule has 3 aromatic rings. The maximum atomic E-state index is 14.1. The Morgan fingerprint density at radius 1 is 1.04 bits per heavy atom. The molecule has 10 nitrogen and oxygen atoms in total. The Balaban J connectivity index is 1.21. The molecule has 1 N–H and O–H groups in total. The maximum absolute atomic E-state index is 14.1. The first-order chi connectivity index (χ1) is 23.4. The number of rotatable bonds is 19. The van der Waals surface area contributed by atoms with Gasteiger partial charge in [0.1, 0.15) is 5.75 Å². The molecule has 3 heterocycles. The summed E-state index contributed by atoms with van der Waals surface area (Å²) in [7, 11) is 2.07. The number of nitrogens with zero attached hydrogens (tertiary/aromatic N) is 6. The number of unbranched alkanes of at least 4 members (excludes halogenated alkanes) is 2. The van der Waals surface area contributed by atoms with E-state index in [9.17, 15) is 13.9 Å². The molecule has 0 saturated heterocycles. The molecule has 0 fully saturated rings. The summed E-state index contributed by atoms with van der Waals surface area (Å²) >= 11 is 1.61. The van der Waals surface area contributed by atoms with Crippen LogP contribution in [0.5, 0.6) is 5.75 Å². The van der Waals surface area contributed by atoms with Crippen LogP contribution in [0.25, 0.3) is 17.3 Å². The molecule has 1 aliphatic rings. The largest absolute Gasteiger partial charge is 0.495 e. The number of halogens is 1. The molecule has 0 aliphatic carbocycles. The third-order valence-electron chi connectivity index (χ3n) is 7.60. The van der Waals surface area contributed by atoms with Crippen LogP contribution < -0.4 is 10.1 Å². The van der Waals surface area contributed by atoms with Gasteiger partial charge in [-0.3, -0.25) is 9.59 Å². The van der Waals surface area contributed by atoms with Crippen LogP contribution in [0.1, 0.15) is 42.7 Å². The number of aromatic nitrogens is 1. The van der Waals surface area contributed by atoms with E-state index in [1.807, 2.05) is 47.9 Å². The molecule has 0 atom stereocenters. The molecule has 0 bridgehead atoms. The fourth-order valence-corrected chi connectivity index (χ4v) is 5.76. The van der Waals surface area contributed by atoms with Gasteiger partial charge in [0.25, 0.3) is 5.91 Å². The topological polar surface area (TPSA) is 127 Å². The van der Waals surface area contributed by atoms with Crippen molar-refractivity contribution < 1.29 is 18.6 Å². The van der Waals surface area contributed by atoms with Crippen LogP contribution in [0.15, 0.2) is 76.8 Å². The Labute approximate surface area is 285 Å². The first kappa shape index (κ1) is 35.9. The lowest BCUT2D eigenvalue weighted by Crippen LogP contribution is -2.41. The molecule has 2 amide bonds. The molecule has 2 aromatic heterocycles. The average Bonchev–Trinajstić information content (AvgIpc) is 3.88. The molecule has 1 aliphatic heterocycles. The smallest absolute Gasteiger partial charge is 0.484 e. The van der Waals surface area contributed by atoms with Gasteiger partial charge >= 0.3 is 7.69 Å². The van der Waals surface area contributed by atoms with Gasteiger partial charge in [0.2, 0.25) is 5.91 Å². The molecule has 0 spiro atoms. The highest BCUT2D eigenvalue weighted by molar-refractivity contribution is 7.12. The summed E-state index contributed by atoms with van der Waals surface area (Å²) in [6, 6.07) is 18.9. The van der Waals surface area contributed by atoms with Crippen LogP contribution in [0, 0.1) is 22.7 Å². The lowest BCUT2D eigenvalue weighted by Gasteiger charge is -2.21. The SMILES string of the molecule is CN(CC(=O)NCCCN(CCCC#N)CCCC#N)C(=O)COc1ccc(-c2ccc(/C=C3/C=CC(c4cccs4)=N3)n2[B]F)cc1. The molecular weight excluding hydrogens is 628 g/mol. The number of nitrogens with one attached hydrogen (secondary N) is 1. The van der Waals surface area contributed by atoms with Gasteiger partial charge in [-0.05, 0) is 111 Å². The molecule has 1 radical (unpaired) electrons. The fourth-order valence-electron chi connectivity index (χ4n) is 5.06. The quantitative estimate of drug-likeness (QED) is 0.138. The number of likely N-dealkylation sites (N-methyl/N-ethyl adjacent to an activating group) is 1. The summed E-state index contributed by atoms with van der Waals surface area (Å²) in [6.07, 6.45) is 8.91. The number of nitriles is 2. The Hall–Kier alpha value is -4.98. The van der Waals surface area contributed by atoms with Crippen LogP contribution >= 0.6 is 11.3 Å². The molecule has 0 unspecified atom stereocenters. The molecule has 1 aromatic carbocycles. The summed E-state index contributed by atoms with van der Waals surface area (Å²) in [4.78, 5) is 34.3. The number of amides is 2. The average molecular weight is 667 g/mol. The second-order valence-electron chi connectivity index (χ2n) is 11.1. The highest BCUT2D eigenvalue weighted by Gasteiger charge is 2.16. The molecule has 13 heteroatoms. The van der Waals surface area contributed by atoms with E-state index < -0.39 is 0 Å². The zero-order valence-electron chi connectivity index (χ0n) is 27.0. The maximum Gasteiger partial charge on any atom is 0.495 e. The zero-order chi connectivity index (χ0) is 34.1. The molecular formula is C35H38BFN7O3S. The van der Waals surface area contributed by atoms with Crippen LogP contribution in [-0.4, -0.2) is 85.9 Å². The lowest BCUT2D eigenvalue weighted by molar-refractivity contribution is -0.136. The van der Waals surface area contributed by atoms with Gasteiger partial charge < -0.3 is 28.6 Å². The molecule has 4 rings (SSSR count). The van der Waals surface area contributed by atoms with Crippen molar-refractivity contribution in [3.05, 3.63) is 82.3 Å². The first-order valence-corrected chi connectivity index (χ1v) is 16.7. The summed E-state index contributed by atoms with van der Waals surface area (Å²) in [5.41, 5.74) is 3.66. The van der Waals surface area contributed by atoms with E-state index in [1.165, 1.54) is 9.38 Å². The van der Waals surface area contributed by atoms with Crippen LogP contribution in [0.2, 0.25) is 0 Å². The van der Waals surface area contributed by atoms with Crippen molar-refractivity contribution in [2.45, 2.75) is 32.1 Å². The number of ether oxygens (including phenoxy) is 1. The number of hydrogen-bond acceptors (Lipinski definition) is 8. The van der Waals surface area contributed by atoms with E-state index >= 15 is 0 Å². The van der Waals surface area contributed by atoms with Crippen molar-refractivity contribution in [3.63, 3.8) is 0 Å². The third kappa shape index (κ3) is 10.8. The van der Waals surface area contributed by atoms with Crippen molar-refractivity contribution in [1.29, 1.82) is 10.5 Å². The Kier molecular flexibility index (Phi) is 14.2. The number of benzene rings is 1. The standard InChI is InChI=1S/C35H38BFN7O3S/c1-42(25-34(45)40-19-7-22-43(20-4-2-17-38)21-5-3-18-39)35(46)26-47-30-13-9-27(10-14-30)32-16-12-29(44(32)36-37)24-28-11-15-31(41-28)33-8-6-23-48-33/h6,8-16,23-24H,2-5,7,19-22,25-26H2,1H3,(H,40,45)/b28-24-. The Bertz CT molecular complexity index is 1670. The summed E-state index contributed by atoms with van der Waals surface area (Å²) in [6.45, 7) is 2.43. The van der Waals surface area contributed by atoms with E-state index in [0.717, 1.165) is 60.7 Å². The summed E-state index contributed by atoms with van der Waals surface area (Å²) < 4.78 is 21.2. The normalized spacial score (nSPS) is 12.9. The number of thiophene rings is 1. The molecule has 48 heavy (non-hydrogen) atoms. The summed E-state index contributed by atoms with van der Waals surface area (Å²) in [5.74, 6) is -0.146. The fraction of sp³-hybridized carbons (Fsp3) is 0.343. The van der Waals surface area contributed by atoms with Gasteiger partial charge in [0.15, 0.2) is 6.61 Å². The van der Waals surface area contributed by atoms with E-state index in [0.29, 0.717) is 44.2 Å². The minimum atomic E-state index is -0.347. The van der Waals surface area contributed by atoms with Crippen LogP contribution in [-0.2, 0) is 9.59 Å². The van der Waals surface area contributed by atoms with E-state index in [-0.39, 0.29) is 25.0 Å². The Morgan fingerprint density at radius 2 is 1.77 bits per heavy atom. The van der Waals surface area contributed by atoms with Gasteiger partial charge in [0, 0.05) is 37.8 Å². The Morgan fingerprint density at radius 3 is 2.44 bits per heavy atom.